The van der Waals surface area contributed by atoms with Crippen LogP contribution in [0.1, 0.15) is 45.4 Å². The van der Waals surface area contributed by atoms with Gasteiger partial charge in [-0.2, -0.15) is 0 Å². The van der Waals surface area contributed by atoms with Crippen molar-refractivity contribution < 1.29 is 9.90 Å². The number of carboxylic acids is 1. The molecule has 4 nitrogen and oxygen atoms in total. The fraction of sp³-hybridized carbons (Fsp3) is 0.923. The van der Waals surface area contributed by atoms with Gasteiger partial charge in [-0.3, -0.25) is 4.79 Å². The lowest BCUT2D eigenvalue weighted by atomic mass is 10.1. The molecule has 4 heteroatoms. The van der Waals surface area contributed by atoms with Crippen LogP contribution in [-0.4, -0.2) is 48.2 Å². The number of rotatable bonds is 8. The van der Waals surface area contributed by atoms with E-state index < -0.39 is 5.97 Å². The first-order valence-electron chi connectivity index (χ1n) is 6.86. The van der Waals surface area contributed by atoms with E-state index in [-0.39, 0.29) is 0 Å². The zero-order valence-corrected chi connectivity index (χ0v) is 11.0. The topological polar surface area (TPSA) is 52.6 Å². The lowest BCUT2D eigenvalue weighted by Gasteiger charge is -2.29. The Kier molecular flexibility index (Phi) is 7.21. The third-order valence-corrected chi connectivity index (χ3v) is 3.29. The van der Waals surface area contributed by atoms with Gasteiger partial charge < -0.3 is 15.3 Å². The van der Waals surface area contributed by atoms with E-state index in [4.69, 9.17) is 5.11 Å². The van der Waals surface area contributed by atoms with E-state index in [0.29, 0.717) is 12.5 Å². The van der Waals surface area contributed by atoms with Crippen molar-refractivity contribution in [2.45, 2.75) is 51.5 Å². The van der Waals surface area contributed by atoms with E-state index in [2.05, 4.69) is 17.1 Å². The van der Waals surface area contributed by atoms with Crippen LogP contribution in [0.25, 0.3) is 0 Å². The van der Waals surface area contributed by atoms with Gasteiger partial charge in [-0.25, -0.2) is 0 Å². The maximum atomic E-state index is 10.3. The summed E-state index contributed by atoms with van der Waals surface area (Å²) >= 11 is 0. The first kappa shape index (κ1) is 14.5. The molecule has 1 aliphatic heterocycles. The van der Waals surface area contributed by atoms with Crippen molar-refractivity contribution in [2.75, 3.05) is 26.2 Å². The molecule has 0 bridgehead atoms. The normalized spacial score (nSPS) is 19.1. The van der Waals surface area contributed by atoms with Crippen molar-refractivity contribution in [3.05, 3.63) is 0 Å². The number of nitrogens with one attached hydrogen (secondary N) is 1. The van der Waals surface area contributed by atoms with Crippen molar-refractivity contribution in [3.8, 4) is 0 Å². The number of unbranched alkanes of at least 4 members (excludes halogenated alkanes) is 1. The Hall–Kier alpha value is -0.610. The fourth-order valence-corrected chi connectivity index (χ4v) is 2.34. The maximum Gasteiger partial charge on any atom is 0.303 e. The minimum atomic E-state index is -0.689. The molecule has 1 unspecified atom stereocenters. The van der Waals surface area contributed by atoms with Crippen molar-refractivity contribution in [3.63, 3.8) is 0 Å². The first-order chi connectivity index (χ1) is 8.18. The Morgan fingerprint density at radius 3 is 2.65 bits per heavy atom. The summed E-state index contributed by atoms with van der Waals surface area (Å²) < 4.78 is 0. The van der Waals surface area contributed by atoms with Gasteiger partial charge in [0.1, 0.15) is 0 Å². The quantitative estimate of drug-likeness (QED) is 0.636. The second kappa shape index (κ2) is 8.48. The highest BCUT2D eigenvalue weighted by Gasteiger charge is 2.12. The number of piperidine rings is 1. The molecule has 0 aromatic carbocycles. The van der Waals surface area contributed by atoms with E-state index in [1.165, 1.54) is 32.4 Å². The van der Waals surface area contributed by atoms with Crippen LogP contribution in [0.4, 0.5) is 0 Å². The van der Waals surface area contributed by atoms with Crippen molar-refractivity contribution >= 4 is 5.97 Å². The monoisotopic (exact) mass is 242 g/mol. The molecule has 0 aromatic rings. The third kappa shape index (κ3) is 7.34. The Bertz CT molecular complexity index is 215. The molecule has 0 saturated carbocycles. The smallest absolute Gasteiger partial charge is 0.303 e. The lowest BCUT2D eigenvalue weighted by Crippen LogP contribution is -2.41. The summed E-state index contributed by atoms with van der Waals surface area (Å²) in [6, 6.07) is 0.512. The van der Waals surface area contributed by atoms with Crippen LogP contribution in [0.5, 0.6) is 0 Å². The largest absolute Gasteiger partial charge is 0.481 e. The highest BCUT2D eigenvalue weighted by molar-refractivity contribution is 5.66. The summed E-state index contributed by atoms with van der Waals surface area (Å²) in [5.74, 6) is -0.689. The Morgan fingerprint density at radius 2 is 2.00 bits per heavy atom. The van der Waals surface area contributed by atoms with Crippen LogP contribution >= 0.6 is 0 Å². The predicted octanol–water partition coefficient (Wildman–Crippen LogP) is 1.71. The number of likely N-dealkylation sites (tertiary alicyclic amines) is 1. The third-order valence-electron chi connectivity index (χ3n) is 3.29. The summed E-state index contributed by atoms with van der Waals surface area (Å²) in [5, 5.41) is 12.0. The molecule has 0 spiro atoms. The van der Waals surface area contributed by atoms with Gasteiger partial charge in [0.05, 0.1) is 0 Å². The number of hydrogen-bond donors (Lipinski definition) is 2. The molecule has 100 valence electrons. The molecular formula is C13H26N2O2. The molecule has 1 rings (SSSR count). The van der Waals surface area contributed by atoms with Gasteiger partial charge in [0.15, 0.2) is 0 Å². The molecule has 0 amide bonds. The zero-order chi connectivity index (χ0) is 12.5. The van der Waals surface area contributed by atoms with Gasteiger partial charge in [0.25, 0.3) is 0 Å². The Morgan fingerprint density at radius 1 is 1.29 bits per heavy atom. The molecule has 1 atom stereocenters. The lowest BCUT2D eigenvalue weighted by molar-refractivity contribution is -0.137. The van der Waals surface area contributed by atoms with E-state index in [9.17, 15) is 4.79 Å². The second-order valence-corrected chi connectivity index (χ2v) is 5.07. The molecule has 0 aliphatic carbocycles. The Labute approximate surface area is 104 Å². The number of carboxylic acid groups (broad SMARTS) is 1. The molecular weight excluding hydrogens is 216 g/mol. The van der Waals surface area contributed by atoms with Crippen LogP contribution < -0.4 is 5.32 Å². The summed E-state index contributed by atoms with van der Waals surface area (Å²) in [5.41, 5.74) is 0. The highest BCUT2D eigenvalue weighted by atomic mass is 16.4. The molecule has 0 radical (unpaired) electrons. The first-order valence-corrected chi connectivity index (χ1v) is 6.86. The van der Waals surface area contributed by atoms with E-state index in [0.717, 1.165) is 25.9 Å². The molecule has 1 saturated heterocycles. The predicted molar refractivity (Wildman–Crippen MR) is 69.2 cm³/mol. The standard InChI is InChI=1S/C13H26N2O2/c1-12(11-15-9-5-2-6-10-15)14-8-4-3-7-13(16)17/h12,14H,2-11H2,1H3,(H,16,17). The van der Waals surface area contributed by atoms with Crippen LogP contribution in [0.3, 0.4) is 0 Å². The molecule has 17 heavy (non-hydrogen) atoms. The number of aliphatic carboxylic acids is 1. The molecule has 1 heterocycles. The van der Waals surface area contributed by atoms with Crippen molar-refractivity contribution in [1.29, 1.82) is 0 Å². The van der Waals surface area contributed by atoms with Crippen LogP contribution in [-0.2, 0) is 4.79 Å². The minimum Gasteiger partial charge on any atom is -0.481 e. The fourth-order valence-electron chi connectivity index (χ4n) is 2.34. The Balaban J connectivity index is 1.96. The van der Waals surface area contributed by atoms with E-state index in [1.807, 2.05) is 0 Å². The summed E-state index contributed by atoms with van der Waals surface area (Å²) in [6.45, 7) is 6.75. The maximum absolute atomic E-state index is 10.3. The van der Waals surface area contributed by atoms with Crippen LogP contribution in [0.15, 0.2) is 0 Å². The number of nitrogens with zero attached hydrogens (tertiary/aromatic N) is 1. The molecule has 0 aromatic heterocycles. The second-order valence-electron chi connectivity index (χ2n) is 5.07. The van der Waals surface area contributed by atoms with Gasteiger partial charge in [-0.05, 0) is 52.2 Å². The number of hydrogen-bond acceptors (Lipinski definition) is 3. The average molecular weight is 242 g/mol. The van der Waals surface area contributed by atoms with E-state index >= 15 is 0 Å². The SMILES string of the molecule is CC(CN1CCCCC1)NCCCCC(=O)O. The van der Waals surface area contributed by atoms with Crippen LogP contribution in [0, 0.1) is 0 Å². The number of carbonyl (C=O) groups is 1. The molecule has 2 N–H and O–H groups in total. The van der Waals surface area contributed by atoms with Gasteiger partial charge in [-0.1, -0.05) is 6.42 Å². The zero-order valence-electron chi connectivity index (χ0n) is 11.0. The van der Waals surface area contributed by atoms with Crippen molar-refractivity contribution in [2.24, 2.45) is 0 Å². The highest BCUT2D eigenvalue weighted by Crippen LogP contribution is 2.08. The molecule has 1 aliphatic rings. The van der Waals surface area contributed by atoms with Gasteiger partial charge in [-0.15, -0.1) is 0 Å². The summed E-state index contributed by atoms with van der Waals surface area (Å²) in [6.07, 6.45) is 6.09. The van der Waals surface area contributed by atoms with Crippen LogP contribution in [0.2, 0.25) is 0 Å². The molecule has 1 fully saturated rings. The van der Waals surface area contributed by atoms with Crippen molar-refractivity contribution in [1.82, 2.24) is 10.2 Å². The minimum absolute atomic E-state index is 0.294. The average Bonchev–Trinajstić information content (AvgIpc) is 2.29. The van der Waals surface area contributed by atoms with Gasteiger partial charge in [0.2, 0.25) is 0 Å². The summed E-state index contributed by atoms with van der Waals surface area (Å²) in [4.78, 5) is 12.9. The van der Waals surface area contributed by atoms with Gasteiger partial charge >= 0.3 is 5.97 Å². The summed E-state index contributed by atoms with van der Waals surface area (Å²) in [7, 11) is 0. The van der Waals surface area contributed by atoms with Gasteiger partial charge in [0, 0.05) is 19.0 Å². The van der Waals surface area contributed by atoms with E-state index in [1.54, 1.807) is 0 Å².